The Kier molecular flexibility index (Phi) is 13.2. The summed E-state index contributed by atoms with van der Waals surface area (Å²) in [6.45, 7) is 0. The maximum absolute atomic E-state index is 11.5. The Labute approximate surface area is 286 Å². The van der Waals surface area contributed by atoms with Crippen molar-refractivity contribution >= 4 is 49.4 Å². The van der Waals surface area contributed by atoms with E-state index in [1.54, 1.807) is 54.6 Å². The van der Waals surface area contributed by atoms with E-state index < -0.39 is 0 Å². The molecule has 0 aliphatic rings. The summed E-state index contributed by atoms with van der Waals surface area (Å²) in [6.07, 6.45) is 0. The van der Waals surface area contributed by atoms with Gasteiger partial charge in [-0.3, -0.25) is 0 Å². The molecule has 6 rings (SSSR count). The molecule has 0 aliphatic heterocycles. The van der Waals surface area contributed by atoms with Gasteiger partial charge in [0.25, 0.3) is 0 Å². The van der Waals surface area contributed by atoms with Crippen molar-refractivity contribution in [3.8, 4) is 17.2 Å². The fourth-order valence-electron chi connectivity index (χ4n) is 3.94. The molecule has 6 aromatic rings. The van der Waals surface area contributed by atoms with Crippen LogP contribution in [0.15, 0.2) is 125 Å². The molecule has 0 aromatic heterocycles. The molecule has 0 amide bonds. The Morgan fingerprint density at radius 2 is 0.780 bits per heavy atom. The van der Waals surface area contributed by atoms with E-state index in [2.05, 4.69) is 15.5 Å². The first-order valence-corrected chi connectivity index (χ1v) is 11.6. The van der Waals surface area contributed by atoms with E-state index in [0.29, 0.717) is 16.2 Å². The van der Waals surface area contributed by atoms with Crippen LogP contribution in [0, 0.1) is 14.7 Å². The van der Waals surface area contributed by atoms with E-state index in [4.69, 9.17) is 0 Å². The van der Waals surface area contributed by atoms with Crippen LogP contribution in [0.1, 0.15) is 0 Å². The SMILES string of the molecule is O=Nc1ccc2ccccc2c1O.O=Nc1ccc2ccccc2c1O.O=Nc1ccc2ccccc2c1[O-].[Co].[K+]. The molecular formula is C30H20CoKN3O6. The van der Waals surface area contributed by atoms with Crippen LogP contribution in [0.5, 0.6) is 17.2 Å². The molecule has 0 unspecified atom stereocenters. The number of phenols is 2. The average molecular weight is 617 g/mol. The number of benzene rings is 6. The summed E-state index contributed by atoms with van der Waals surface area (Å²) in [5, 5.41) is 43.1. The first-order valence-electron chi connectivity index (χ1n) is 11.6. The molecule has 11 heteroatoms. The maximum atomic E-state index is 11.5. The number of hydrogen-bond donors (Lipinski definition) is 2. The van der Waals surface area contributed by atoms with Gasteiger partial charge < -0.3 is 15.3 Å². The standard InChI is InChI=1S/3C10H7NO2.Co.K/c3*12-10-8-4-2-1-3-7(8)5-6-9(10)11-13;;/h3*1-6,12H;;/q;;;;+1/p-1. The van der Waals surface area contributed by atoms with Gasteiger partial charge in [-0.15, -0.1) is 14.7 Å². The van der Waals surface area contributed by atoms with Crippen LogP contribution in [0.4, 0.5) is 17.1 Å². The molecule has 0 heterocycles. The largest absolute Gasteiger partial charge is 1.00 e. The summed E-state index contributed by atoms with van der Waals surface area (Å²) in [5.41, 5.74) is 0.135. The summed E-state index contributed by atoms with van der Waals surface area (Å²) < 4.78 is 0. The number of nitroso groups, excluding NO2 is 3. The van der Waals surface area contributed by atoms with Gasteiger partial charge in [-0.1, -0.05) is 96.7 Å². The zero-order chi connectivity index (χ0) is 27.8. The van der Waals surface area contributed by atoms with Crippen molar-refractivity contribution < 1.29 is 83.5 Å². The van der Waals surface area contributed by atoms with Crippen LogP contribution in [0.25, 0.3) is 32.3 Å². The van der Waals surface area contributed by atoms with Crippen LogP contribution in [-0.2, 0) is 16.8 Å². The van der Waals surface area contributed by atoms with E-state index in [1.165, 1.54) is 18.2 Å². The van der Waals surface area contributed by atoms with Crippen molar-refractivity contribution in [3.05, 3.63) is 124 Å². The first-order chi connectivity index (χ1) is 19.0. The third-order valence-electron chi connectivity index (χ3n) is 5.91. The van der Waals surface area contributed by atoms with Crippen molar-refractivity contribution in [3.63, 3.8) is 0 Å². The zero-order valence-electron chi connectivity index (χ0n) is 21.6. The minimum absolute atomic E-state index is 0. The van der Waals surface area contributed by atoms with Crippen LogP contribution >= 0.6 is 0 Å². The molecule has 6 aromatic carbocycles. The van der Waals surface area contributed by atoms with E-state index in [1.807, 2.05) is 36.4 Å². The van der Waals surface area contributed by atoms with E-state index in [0.717, 1.165) is 16.2 Å². The second-order valence-electron chi connectivity index (χ2n) is 8.22. The van der Waals surface area contributed by atoms with Crippen LogP contribution < -0.4 is 56.5 Å². The molecule has 0 aliphatic carbocycles. The summed E-state index contributed by atoms with van der Waals surface area (Å²) in [7, 11) is 0. The summed E-state index contributed by atoms with van der Waals surface area (Å²) in [5.74, 6) is -0.394. The smallest absolute Gasteiger partial charge is 0.871 e. The Morgan fingerprint density at radius 1 is 0.463 bits per heavy atom. The van der Waals surface area contributed by atoms with Crippen molar-refractivity contribution in [2.24, 2.45) is 15.5 Å². The normalized spacial score (nSPS) is 9.66. The molecule has 0 saturated carbocycles. The van der Waals surface area contributed by atoms with E-state index >= 15 is 0 Å². The summed E-state index contributed by atoms with van der Waals surface area (Å²) in [6, 6.07) is 31.4. The van der Waals surface area contributed by atoms with Gasteiger partial charge in [0, 0.05) is 27.6 Å². The van der Waals surface area contributed by atoms with Gasteiger partial charge in [-0.25, -0.2) is 0 Å². The van der Waals surface area contributed by atoms with Gasteiger partial charge in [0.1, 0.15) is 17.1 Å². The summed E-state index contributed by atoms with van der Waals surface area (Å²) >= 11 is 0. The number of nitrogens with zero attached hydrogens (tertiary/aromatic N) is 3. The van der Waals surface area contributed by atoms with Crippen molar-refractivity contribution in [1.82, 2.24) is 0 Å². The number of rotatable bonds is 3. The quantitative estimate of drug-likeness (QED) is 0.206. The van der Waals surface area contributed by atoms with Gasteiger partial charge >= 0.3 is 51.4 Å². The molecule has 0 fully saturated rings. The predicted octanol–water partition coefficient (Wildman–Crippen LogP) is 5.20. The van der Waals surface area contributed by atoms with Gasteiger partial charge in [-0.2, -0.15) is 0 Å². The number of hydrogen-bond acceptors (Lipinski definition) is 9. The van der Waals surface area contributed by atoms with Crippen LogP contribution in [0.3, 0.4) is 0 Å². The van der Waals surface area contributed by atoms with Crippen LogP contribution in [0.2, 0.25) is 0 Å². The van der Waals surface area contributed by atoms with E-state index in [9.17, 15) is 30.0 Å². The number of fused-ring (bicyclic) bond motifs is 3. The molecule has 1 radical (unpaired) electrons. The second-order valence-corrected chi connectivity index (χ2v) is 8.22. The molecule has 0 spiro atoms. The molecule has 0 bridgehead atoms. The fraction of sp³-hybridized carbons (Fsp3) is 0. The predicted molar refractivity (Wildman–Crippen MR) is 151 cm³/mol. The minimum Gasteiger partial charge on any atom is -0.871 e. The molecule has 9 nitrogen and oxygen atoms in total. The van der Waals surface area contributed by atoms with Crippen LogP contribution in [-0.4, -0.2) is 10.2 Å². The van der Waals surface area contributed by atoms with Crippen molar-refractivity contribution in [1.29, 1.82) is 0 Å². The molecule has 0 saturated heterocycles. The molecule has 0 atom stereocenters. The Balaban J connectivity index is 0.000000210. The topological polar surface area (TPSA) is 152 Å². The second kappa shape index (κ2) is 16.0. The number of phenolic OH excluding ortho intramolecular Hbond substituents is 2. The van der Waals surface area contributed by atoms with Crippen molar-refractivity contribution in [2.75, 3.05) is 0 Å². The fourth-order valence-corrected chi connectivity index (χ4v) is 3.94. The maximum Gasteiger partial charge on any atom is 1.00 e. The van der Waals surface area contributed by atoms with Crippen molar-refractivity contribution in [2.45, 2.75) is 0 Å². The van der Waals surface area contributed by atoms with Gasteiger partial charge in [-0.05, 0) is 55.3 Å². The zero-order valence-corrected chi connectivity index (χ0v) is 25.8. The van der Waals surface area contributed by atoms with Gasteiger partial charge in [0.15, 0.2) is 11.5 Å². The summed E-state index contributed by atoms with van der Waals surface area (Å²) in [4.78, 5) is 30.7. The Morgan fingerprint density at radius 3 is 1.17 bits per heavy atom. The molecule has 41 heavy (non-hydrogen) atoms. The first kappa shape index (κ1) is 33.6. The Bertz CT molecular complexity index is 1620. The Hall–Kier alpha value is -3.56. The third-order valence-corrected chi connectivity index (χ3v) is 5.91. The number of aromatic hydroxyl groups is 2. The molecular weight excluding hydrogens is 596 g/mol. The monoisotopic (exact) mass is 616 g/mol. The molecule has 2 N–H and O–H groups in total. The molecule has 201 valence electrons. The van der Waals surface area contributed by atoms with Gasteiger partial charge in [0.05, 0.1) is 0 Å². The minimum atomic E-state index is -0.298. The third kappa shape index (κ3) is 7.80. The van der Waals surface area contributed by atoms with Gasteiger partial charge in [0.2, 0.25) is 0 Å². The average Bonchev–Trinajstić information content (AvgIpc) is 2.99. The van der Waals surface area contributed by atoms with E-state index in [-0.39, 0.29) is 102 Å².